The van der Waals surface area contributed by atoms with E-state index in [0.29, 0.717) is 30.0 Å². The fourth-order valence-corrected chi connectivity index (χ4v) is 8.69. The van der Waals surface area contributed by atoms with E-state index < -0.39 is 16.2 Å². The van der Waals surface area contributed by atoms with E-state index in [-0.39, 0.29) is 66.5 Å². The molecule has 8 atom stereocenters. The molecule has 0 amide bonds. The fourth-order valence-electron chi connectivity index (χ4n) is 8.15. The first-order valence-corrected chi connectivity index (χ1v) is 12.2. The molecule has 1 unspecified atom stereocenters. The van der Waals surface area contributed by atoms with Crippen molar-refractivity contribution in [3.63, 3.8) is 0 Å². The van der Waals surface area contributed by atoms with Gasteiger partial charge in [0.15, 0.2) is 5.79 Å². The van der Waals surface area contributed by atoms with Gasteiger partial charge < -0.3 is 6.53 Å². The van der Waals surface area contributed by atoms with Crippen LogP contribution in [0.25, 0.3) is 0 Å². The van der Waals surface area contributed by atoms with Gasteiger partial charge in [-0.1, -0.05) is 13.8 Å². The third kappa shape index (κ3) is 4.03. The summed E-state index contributed by atoms with van der Waals surface area (Å²) in [5, 5.41) is 10.6. The summed E-state index contributed by atoms with van der Waals surface area (Å²) in [5.41, 5.74) is 0.174. The van der Waals surface area contributed by atoms with Crippen LogP contribution in [0.1, 0.15) is 80.0 Å². The van der Waals surface area contributed by atoms with Crippen molar-refractivity contribution in [2.75, 3.05) is 0 Å². The van der Waals surface area contributed by atoms with Crippen molar-refractivity contribution in [3.8, 4) is 0 Å². The molecule has 4 rings (SSSR count). The molecule has 0 radical (unpaired) electrons. The minimum absolute atomic E-state index is 0. The molecular formula is C21H35NaO6S. The second-order valence-electron chi connectivity index (χ2n) is 10.6. The van der Waals surface area contributed by atoms with Crippen LogP contribution in [0.3, 0.4) is 0 Å². The monoisotopic (exact) mass is 438 g/mol. The Morgan fingerprint density at radius 1 is 1.00 bits per heavy atom. The standard InChI is InChI=1S/C21H34O6S.Na.H/c1-13(22)16-6-7-17-15-5-4-14-12-21(23,27-28(24,25)26)11-10-19(14,2)18(15)8-9-20(16,17)3;;/h14-18,23H,4-12H2,1-3H3,(H,24,25,26);;/q;+1;-1/t14-,15+,16+,17?,18+,19-,20+,21+;;/m0../s1. The Morgan fingerprint density at radius 2 is 1.66 bits per heavy atom. The molecule has 29 heavy (non-hydrogen) atoms. The van der Waals surface area contributed by atoms with Crippen LogP contribution < -0.4 is 29.6 Å². The molecule has 0 saturated heterocycles. The van der Waals surface area contributed by atoms with E-state index in [1.165, 1.54) is 0 Å². The number of fused-ring (bicyclic) bond motifs is 5. The van der Waals surface area contributed by atoms with Gasteiger partial charge in [0.1, 0.15) is 5.78 Å². The third-order valence-electron chi connectivity index (χ3n) is 9.44. The Hall–Kier alpha value is 0.500. The number of hydrogen-bond acceptors (Lipinski definition) is 5. The van der Waals surface area contributed by atoms with Gasteiger partial charge in [-0.25, -0.2) is 4.18 Å². The second-order valence-corrected chi connectivity index (χ2v) is 11.6. The molecular weight excluding hydrogens is 403 g/mol. The van der Waals surface area contributed by atoms with Crippen molar-refractivity contribution in [1.29, 1.82) is 0 Å². The van der Waals surface area contributed by atoms with Crippen molar-refractivity contribution in [3.05, 3.63) is 0 Å². The maximum Gasteiger partial charge on any atom is 1.00 e. The van der Waals surface area contributed by atoms with E-state index in [2.05, 4.69) is 18.0 Å². The first-order chi connectivity index (χ1) is 12.9. The van der Waals surface area contributed by atoms with Crippen molar-refractivity contribution < 1.29 is 58.0 Å². The molecule has 6 nitrogen and oxygen atoms in total. The molecule has 8 heteroatoms. The van der Waals surface area contributed by atoms with Crippen LogP contribution in [0.5, 0.6) is 0 Å². The van der Waals surface area contributed by atoms with Gasteiger partial charge in [-0.3, -0.25) is 9.35 Å². The van der Waals surface area contributed by atoms with E-state index in [0.717, 1.165) is 38.5 Å². The SMILES string of the molecule is CC(=O)[C@H]1CCC2[C@H]3CC[C@H]4C[C@](O)(OS(=O)(=O)O)CC[C@]4(C)[C@@H]3CC[C@@]21C.[H-].[Na+]. The molecule has 0 aromatic heterocycles. The first kappa shape index (κ1) is 24.1. The molecule has 2 N–H and O–H groups in total. The molecule has 0 bridgehead atoms. The molecule has 0 heterocycles. The van der Waals surface area contributed by atoms with Gasteiger partial charge >= 0.3 is 40.0 Å². The van der Waals surface area contributed by atoms with E-state index in [1.807, 2.05) is 0 Å². The predicted molar refractivity (Wildman–Crippen MR) is 105 cm³/mol. The molecule has 4 aliphatic carbocycles. The van der Waals surface area contributed by atoms with Crippen LogP contribution in [-0.4, -0.2) is 29.6 Å². The van der Waals surface area contributed by atoms with Crippen LogP contribution in [0.15, 0.2) is 0 Å². The zero-order chi connectivity index (χ0) is 20.5. The van der Waals surface area contributed by atoms with Gasteiger partial charge in [0.2, 0.25) is 0 Å². The summed E-state index contributed by atoms with van der Waals surface area (Å²) in [7, 11) is -4.68. The Bertz CT molecular complexity index is 777. The zero-order valence-corrected chi connectivity index (χ0v) is 21.0. The van der Waals surface area contributed by atoms with Gasteiger partial charge in [0, 0.05) is 18.8 Å². The van der Waals surface area contributed by atoms with E-state index in [4.69, 9.17) is 4.55 Å². The van der Waals surface area contributed by atoms with Crippen LogP contribution in [0.2, 0.25) is 0 Å². The average Bonchev–Trinajstić information content (AvgIpc) is 2.91. The summed E-state index contributed by atoms with van der Waals surface area (Å²) >= 11 is 0. The minimum Gasteiger partial charge on any atom is -1.00 e. The molecule has 4 saturated carbocycles. The van der Waals surface area contributed by atoms with Crippen molar-refractivity contribution >= 4 is 16.2 Å². The maximum atomic E-state index is 12.2. The van der Waals surface area contributed by atoms with Gasteiger partial charge in [0.25, 0.3) is 0 Å². The predicted octanol–water partition coefficient (Wildman–Crippen LogP) is 0.859. The van der Waals surface area contributed by atoms with Crippen LogP contribution in [0, 0.1) is 40.4 Å². The summed E-state index contributed by atoms with van der Waals surface area (Å²) in [6, 6.07) is 0. The number of carbonyl (C=O) groups is 1. The van der Waals surface area contributed by atoms with Crippen molar-refractivity contribution in [2.45, 2.75) is 84.3 Å². The second kappa shape index (κ2) is 7.82. The van der Waals surface area contributed by atoms with Crippen LogP contribution in [0.4, 0.5) is 0 Å². The summed E-state index contributed by atoms with van der Waals surface area (Å²) < 4.78 is 36.0. The summed E-state index contributed by atoms with van der Waals surface area (Å²) in [4.78, 5) is 12.2. The summed E-state index contributed by atoms with van der Waals surface area (Å²) in [5.74, 6) is 0.678. The van der Waals surface area contributed by atoms with Gasteiger partial charge in [-0.15, -0.1) is 0 Å². The van der Waals surface area contributed by atoms with Crippen LogP contribution in [-0.2, 0) is 19.4 Å². The number of Topliss-reactive ketones (excluding diaryl/α,β-unsaturated/α-hetero) is 1. The Kier molecular flexibility index (Phi) is 6.51. The summed E-state index contributed by atoms with van der Waals surface area (Å²) in [6.45, 7) is 6.39. The minimum atomic E-state index is -4.68. The molecule has 4 aliphatic rings. The first-order valence-electron chi connectivity index (χ1n) is 10.8. The third-order valence-corrected chi connectivity index (χ3v) is 9.96. The number of aliphatic hydroxyl groups is 1. The van der Waals surface area contributed by atoms with E-state index >= 15 is 0 Å². The van der Waals surface area contributed by atoms with Gasteiger partial charge in [0.05, 0.1) is 0 Å². The average molecular weight is 439 g/mol. The normalized spacial score (nSPS) is 49.3. The molecule has 0 spiro atoms. The molecule has 4 fully saturated rings. The molecule has 162 valence electrons. The molecule has 0 aliphatic heterocycles. The number of rotatable bonds is 3. The maximum absolute atomic E-state index is 12.2. The van der Waals surface area contributed by atoms with E-state index in [9.17, 15) is 18.3 Å². The smallest absolute Gasteiger partial charge is 1.00 e. The number of ketones is 1. The Labute approximate surface area is 198 Å². The Morgan fingerprint density at radius 3 is 2.28 bits per heavy atom. The fraction of sp³-hybridized carbons (Fsp3) is 0.952. The zero-order valence-electron chi connectivity index (χ0n) is 19.2. The van der Waals surface area contributed by atoms with Crippen molar-refractivity contribution in [1.82, 2.24) is 0 Å². The Balaban J connectivity index is 0.00000160. The molecule has 0 aromatic carbocycles. The van der Waals surface area contributed by atoms with Gasteiger partial charge in [-0.05, 0) is 86.4 Å². The largest absolute Gasteiger partial charge is 1.00 e. The topological polar surface area (TPSA) is 101 Å². The number of carbonyl (C=O) groups excluding carboxylic acids is 1. The van der Waals surface area contributed by atoms with Crippen LogP contribution >= 0.6 is 0 Å². The van der Waals surface area contributed by atoms with Gasteiger partial charge in [-0.2, -0.15) is 8.42 Å². The molecule has 0 aromatic rings. The number of hydrogen-bond donors (Lipinski definition) is 2. The quantitative estimate of drug-likeness (QED) is 0.385. The van der Waals surface area contributed by atoms with E-state index in [1.54, 1.807) is 6.92 Å². The van der Waals surface area contributed by atoms with Crippen molar-refractivity contribution in [2.24, 2.45) is 40.4 Å². The summed E-state index contributed by atoms with van der Waals surface area (Å²) in [6.07, 6.45) is 7.52.